The van der Waals surface area contributed by atoms with Gasteiger partial charge in [-0.25, -0.2) is 0 Å². The average Bonchev–Trinajstić information content (AvgIpc) is 3.19. The van der Waals surface area contributed by atoms with Crippen LogP contribution in [-0.2, 0) is 23.2 Å². The fraction of sp³-hybridized carbons (Fsp3) is 0.400. The summed E-state index contributed by atoms with van der Waals surface area (Å²) in [6.07, 6.45) is 2.71. The highest BCUT2D eigenvalue weighted by atomic mass is 35.5. The third-order valence-corrected chi connectivity index (χ3v) is 7.15. The van der Waals surface area contributed by atoms with Crippen molar-refractivity contribution in [3.63, 3.8) is 0 Å². The predicted octanol–water partition coefficient (Wildman–Crippen LogP) is 4.34. The van der Waals surface area contributed by atoms with E-state index in [2.05, 4.69) is 26.9 Å². The summed E-state index contributed by atoms with van der Waals surface area (Å²) in [4.78, 5) is 40.5. The Kier molecular flexibility index (Phi) is 10.0. The van der Waals surface area contributed by atoms with E-state index < -0.39 is 0 Å². The molecule has 11 heteroatoms. The van der Waals surface area contributed by atoms with Crippen molar-refractivity contribution in [2.45, 2.75) is 33.7 Å². The Morgan fingerprint density at radius 1 is 1.05 bits per heavy atom. The molecule has 1 N–H and O–H groups in total. The summed E-state index contributed by atoms with van der Waals surface area (Å²) in [7, 11) is 1.89. The van der Waals surface area contributed by atoms with E-state index in [0.29, 0.717) is 18.7 Å². The molecular weight excluding hydrogens is 544 g/mol. The summed E-state index contributed by atoms with van der Waals surface area (Å²) in [5.74, 6) is 1.78. The zero-order chi connectivity index (χ0) is 29.5. The first-order chi connectivity index (χ1) is 19.6. The molecule has 0 radical (unpaired) electrons. The SMILES string of the molecule is CC(=O)Cl.CC(=O)N1CCN(CCCOc2ccc(C(=O)N3Cc4cnn(C)c4Nc4ccccc43)cc2C)CC1. The molecule has 2 aromatic carbocycles. The van der Waals surface area contributed by atoms with E-state index in [9.17, 15) is 14.4 Å². The van der Waals surface area contributed by atoms with Gasteiger partial charge in [-0.3, -0.25) is 24.0 Å². The molecule has 10 nitrogen and oxygen atoms in total. The Bertz CT molecular complexity index is 1400. The molecule has 3 heterocycles. The molecule has 2 amide bonds. The fourth-order valence-electron chi connectivity index (χ4n) is 5.00. The highest BCUT2D eigenvalue weighted by Gasteiger charge is 2.27. The third-order valence-electron chi connectivity index (χ3n) is 7.15. The molecule has 1 aromatic heterocycles. The van der Waals surface area contributed by atoms with Crippen LogP contribution in [0.25, 0.3) is 0 Å². The van der Waals surface area contributed by atoms with Crippen molar-refractivity contribution in [1.82, 2.24) is 19.6 Å². The molecule has 0 bridgehead atoms. The van der Waals surface area contributed by atoms with Gasteiger partial charge in [-0.2, -0.15) is 5.10 Å². The van der Waals surface area contributed by atoms with Gasteiger partial charge in [0.05, 0.1) is 30.7 Å². The van der Waals surface area contributed by atoms with Gasteiger partial charge < -0.3 is 19.9 Å². The Morgan fingerprint density at radius 3 is 2.44 bits per heavy atom. The summed E-state index contributed by atoms with van der Waals surface area (Å²) in [5, 5.41) is 7.43. The van der Waals surface area contributed by atoms with Crippen LogP contribution < -0.4 is 15.0 Å². The first-order valence-corrected chi connectivity index (χ1v) is 14.1. The molecule has 41 heavy (non-hydrogen) atoms. The summed E-state index contributed by atoms with van der Waals surface area (Å²) in [5.41, 5.74) is 4.23. The monoisotopic (exact) mass is 580 g/mol. The van der Waals surface area contributed by atoms with E-state index >= 15 is 0 Å². The van der Waals surface area contributed by atoms with E-state index in [1.807, 2.05) is 61.3 Å². The van der Waals surface area contributed by atoms with E-state index in [1.165, 1.54) is 6.92 Å². The molecule has 1 saturated heterocycles. The molecule has 3 aromatic rings. The maximum Gasteiger partial charge on any atom is 0.258 e. The molecule has 0 spiro atoms. The van der Waals surface area contributed by atoms with Gasteiger partial charge in [-0.15, -0.1) is 0 Å². The van der Waals surface area contributed by atoms with Crippen LogP contribution in [0.1, 0.15) is 41.8 Å². The largest absolute Gasteiger partial charge is 0.493 e. The molecule has 2 aliphatic heterocycles. The van der Waals surface area contributed by atoms with Crippen molar-refractivity contribution >= 4 is 45.9 Å². The quantitative estimate of drug-likeness (QED) is 0.342. The minimum absolute atomic E-state index is 0.0645. The molecule has 5 rings (SSSR count). The summed E-state index contributed by atoms with van der Waals surface area (Å²) >= 11 is 4.64. The number of para-hydroxylation sites is 2. The van der Waals surface area contributed by atoms with E-state index in [1.54, 1.807) is 22.7 Å². The number of carbonyl (C=O) groups is 3. The number of nitrogens with one attached hydrogen (secondary N) is 1. The Hall–Kier alpha value is -3.89. The number of piperazine rings is 1. The molecule has 2 aliphatic rings. The minimum Gasteiger partial charge on any atom is -0.493 e. The molecule has 0 saturated carbocycles. The lowest BCUT2D eigenvalue weighted by Gasteiger charge is -2.34. The minimum atomic E-state index is -0.361. The molecular formula is C30H37ClN6O4. The smallest absolute Gasteiger partial charge is 0.258 e. The van der Waals surface area contributed by atoms with Crippen LogP contribution in [-0.4, -0.2) is 76.0 Å². The lowest BCUT2D eigenvalue weighted by atomic mass is 10.1. The van der Waals surface area contributed by atoms with Gasteiger partial charge in [0, 0.05) is 64.7 Å². The zero-order valence-corrected chi connectivity index (χ0v) is 24.8. The maximum atomic E-state index is 13.7. The number of aryl methyl sites for hydroxylation is 2. The number of fused-ring (bicyclic) bond motifs is 2. The van der Waals surface area contributed by atoms with Crippen LogP contribution in [0.3, 0.4) is 0 Å². The number of benzene rings is 2. The Labute approximate surface area is 245 Å². The van der Waals surface area contributed by atoms with Gasteiger partial charge >= 0.3 is 0 Å². The van der Waals surface area contributed by atoms with Gasteiger partial charge in [0.15, 0.2) is 0 Å². The number of amides is 2. The van der Waals surface area contributed by atoms with Crippen LogP contribution in [0.15, 0.2) is 48.7 Å². The second-order valence-corrected chi connectivity index (χ2v) is 10.7. The van der Waals surface area contributed by atoms with Crippen LogP contribution in [0.4, 0.5) is 17.2 Å². The van der Waals surface area contributed by atoms with Gasteiger partial charge in [0.1, 0.15) is 11.6 Å². The number of hydrogen-bond acceptors (Lipinski definition) is 7. The lowest BCUT2D eigenvalue weighted by molar-refractivity contribution is -0.130. The predicted molar refractivity (Wildman–Crippen MR) is 160 cm³/mol. The molecule has 218 valence electrons. The number of anilines is 3. The summed E-state index contributed by atoms with van der Waals surface area (Å²) in [6.45, 7) is 10.3. The summed E-state index contributed by atoms with van der Waals surface area (Å²) in [6, 6.07) is 13.5. The number of hydrogen-bond donors (Lipinski definition) is 1. The summed E-state index contributed by atoms with van der Waals surface area (Å²) < 4.78 is 7.85. The number of carbonyl (C=O) groups excluding carboxylic acids is 3. The average molecular weight is 581 g/mol. The van der Waals surface area contributed by atoms with Crippen molar-refractivity contribution < 1.29 is 19.1 Å². The second-order valence-electron chi connectivity index (χ2n) is 10.2. The number of ether oxygens (including phenoxy) is 1. The van der Waals surface area contributed by atoms with E-state index in [-0.39, 0.29) is 17.1 Å². The van der Waals surface area contributed by atoms with Gasteiger partial charge in [-0.05, 0) is 60.8 Å². The second kappa shape index (κ2) is 13.6. The topological polar surface area (TPSA) is 100 Å². The maximum absolute atomic E-state index is 13.7. The van der Waals surface area contributed by atoms with Crippen molar-refractivity contribution in [3.8, 4) is 5.75 Å². The van der Waals surface area contributed by atoms with Crippen LogP contribution in [0.2, 0.25) is 0 Å². The van der Waals surface area contributed by atoms with E-state index in [4.69, 9.17) is 4.74 Å². The third kappa shape index (κ3) is 7.65. The first kappa shape index (κ1) is 30.1. The number of aromatic nitrogens is 2. The van der Waals surface area contributed by atoms with Crippen molar-refractivity contribution in [3.05, 3.63) is 65.4 Å². The van der Waals surface area contributed by atoms with Crippen LogP contribution in [0, 0.1) is 6.92 Å². The van der Waals surface area contributed by atoms with Crippen LogP contribution in [0.5, 0.6) is 5.75 Å². The molecule has 1 fully saturated rings. The molecule has 0 unspecified atom stereocenters. The molecule has 0 aliphatic carbocycles. The van der Waals surface area contributed by atoms with E-state index in [0.717, 1.165) is 73.2 Å². The number of halogens is 1. The first-order valence-electron chi connectivity index (χ1n) is 13.7. The zero-order valence-electron chi connectivity index (χ0n) is 24.0. The standard InChI is InChI=1S/C28H34N6O3.C2H3ClO/c1-20-17-22(9-10-26(20)37-16-6-11-32-12-14-33(15-13-32)21(2)35)28(36)34-19-23-18-29-31(3)27(23)30-24-7-4-5-8-25(24)34;1-2(3)4/h4-5,7-10,17-18,30H,6,11-16,19H2,1-3H3;1H3. The van der Waals surface area contributed by atoms with Crippen molar-refractivity contribution in [2.75, 3.05) is 49.5 Å². The number of nitrogens with zero attached hydrogens (tertiary/aromatic N) is 5. The highest BCUT2D eigenvalue weighted by molar-refractivity contribution is 6.62. The van der Waals surface area contributed by atoms with Crippen molar-refractivity contribution in [2.24, 2.45) is 7.05 Å². The van der Waals surface area contributed by atoms with Crippen molar-refractivity contribution in [1.29, 1.82) is 0 Å². The fourth-order valence-corrected chi connectivity index (χ4v) is 5.00. The van der Waals surface area contributed by atoms with Gasteiger partial charge in [0.2, 0.25) is 11.1 Å². The van der Waals surface area contributed by atoms with Crippen LogP contribution >= 0.6 is 11.6 Å². The number of rotatable bonds is 6. The molecule has 0 atom stereocenters. The highest BCUT2D eigenvalue weighted by Crippen LogP contribution is 2.36. The van der Waals surface area contributed by atoms with Gasteiger partial charge in [-0.1, -0.05) is 12.1 Å². The Morgan fingerprint density at radius 2 is 1.76 bits per heavy atom. The normalized spacial score (nSPS) is 14.6. The van der Waals surface area contributed by atoms with Gasteiger partial charge in [0.25, 0.3) is 5.91 Å². The lowest BCUT2D eigenvalue weighted by Crippen LogP contribution is -2.48. The Balaban J connectivity index is 0.000000909.